The lowest BCUT2D eigenvalue weighted by Gasteiger charge is -2.51. The van der Waals surface area contributed by atoms with E-state index in [1.165, 1.54) is 141 Å². The van der Waals surface area contributed by atoms with Crippen LogP contribution in [0, 0.1) is 11.8 Å². The van der Waals surface area contributed by atoms with Crippen LogP contribution in [0.3, 0.4) is 0 Å². The van der Waals surface area contributed by atoms with E-state index in [0.29, 0.717) is 0 Å². The van der Waals surface area contributed by atoms with Crippen LogP contribution in [0.2, 0.25) is 0 Å². The summed E-state index contributed by atoms with van der Waals surface area (Å²) in [5.41, 5.74) is 0. The highest BCUT2D eigenvalue weighted by atomic mass is 16.3. The molecule has 6 saturated carbocycles. The van der Waals surface area contributed by atoms with Gasteiger partial charge in [0.25, 0.3) is 0 Å². The fourth-order valence-corrected chi connectivity index (χ4v) is 11.0. The quantitative estimate of drug-likeness (QED) is 0.334. The molecule has 0 saturated heterocycles. The maximum atomic E-state index is 10.2. The summed E-state index contributed by atoms with van der Waals surface area (Å²) in [6, 6.07) is 4.79. The van der Waals surface area contributed by atoms with Gasteiger partial charge in [0.2, 0.25) is 0 Å². The molecular weight excluding hydrogens is 492 g/mol. The molecule has 0 heterocycles. The van der Waals surface area contributed by atoms with Gasteiger partial charge in [-0.15, -0.1) is 0 Å². The Bertz CT molecular complexity index is 655. The molecule has 6 aliphatic rings. The first-order valence-corrected chi connectivity index (χ1v) is 18.6. The van der Waals surface area contributed by atoms with Gasteiger partial charge in [0.1, 0.15) is 0 Å². The molecule has 0 bridgehead atoms. The van der Waals surface area contributed by atoms with E-state index in [2.05, 4.69) is 9.80 Å². The zero-order valence-corrected chi connectivity index (χ0v) is 25.9. The van der Waals surface area contributed by atoms with Gasteiger partial charge in [-0.3, -0.25) is 9.80 Å². The lowest BCUT2D eigenvalue weighted by molar-refractivity contribution is -0.0188. The van der Waals surface area contributed by atoms with Crippen molar-refractivity contribution in [1.82, 2.24) is 9.80 Å². The minimum Gasteiger partial charge on any atom is -0.393 e. The summed E-state index contributed by atoms with van der Waals surface area (Å²) >= 11 is 0. The van der Waals surface area contributed by atoms with Crippen LogP contribution >= 0.6 is 0 Å². The Kier molecular flexibility index (Phi) is 10.9. The van der Waals surface area contributed by atoms with Crippen LogP contribution in [0.4, 0.5) is 0 Å². The van der Waals surface area contributed by atoms with Crippen LogP contribution in [0.5, 0.6) is 0 Å². The van der Waals surface area contributed by atoms with Crippen molar-refractivity contribution in [3.05, 3.63) is 0 Å². The second-order valence-corrected chi connectivity index (χ2v) is 15.5. The van der Waals surface area contributed by atoms with Crippen LogP contribution < -0.4 is 0 Å². The minimum atomic E-state index is -0.0333. The molecule has 0 aromatic carbocycles. The molecule has 0 aromatic heterocycles. The molecule has 0 aromatic rings. The monoisotopic (exact) mass is 556 g/mol. The largest absolute Gasteiger partial charge is 0.393 e. The van der Waals surface area contributed by atoms with Crippen molar-refractivity contribution in [2.75, 3.05) is 0 Å². The van der Waals surface area contributed by atoms with Gasteiger partial charge in [0.15, 0.2) is 0 Å². The Hall–Kier alpha value is -0.160. The predicted molar refractivity (Wildman–Crippen MR) is 165 cm³/mol. The summed E-state index contributed by atoms with van der Waals surface area (Å²) in [7, 11) is 0. The normalized spacial score (nSPS) is 41.4. The van der Waals surface area contributed by atoms with Crippen LogP contribution in [-0.4, -0.2) is 68.5 Å². The average Bonchev–Trinajstić information content (AvgIpc) is 3.01. The van der Waals surface area contributed by atoms with Crippen molar-refractivity contribution in [3.63, 3.8) is 0 Å². The van der Waals surface area contributed by atoms with Crippen molar-refractivity contribution in [2.45, 2.75) is 215 Å². The maximum absolute atomic E-state index is 10.2. The van der Waals surface area contributed by atoms with Crippen LogP contribution in [0.1, 0.15) is 167 Å². The molecule has 0 aliphatic heterocycles. The van der Waals surface area contributed by atoms with E-state index in [0.717, 1.165) is 73.8 Å². The summed E-state index contributed by atoms with van der Waals surface area (Å²) < 4.78 is 0. The molecule has 0 radical (unpaired) electrons. The zero-order valence-electron chi connectivity index (χ0n) is 25.9. The third-order valence-electron chi connectivity index (χ3n) is 13.2. The van der Waals surface area contributed by atoms with Crippen LogP contribution in [-0.2, 0) is 0 Å². The summed E-state index contributed by atoms with van der Waals surface area (Å²) in [5, 5.41) is 20.4. The van der Waals surface area contributed by atoms with Crippen molar-refractivity contribution in [2.24, 2.45) is 11.8 Å². The molecule has 4 nitrogen and oxygen atoms in total. The van der Waals surface area contributed by atoms with Gasteiger partial charge < -0.3 is 10.2 Å². The van der Waals surface area contributed by atoms with Crippen molar-refractivity contribution in [1.29, 1.82) is 0 Å². The minimum absolute atomic E-state index is 0.0333. The fourth-order valence-electron chi connectivity index (χ4n) is 11.0. The second kappa shape index (κ2) is 14.5. The number of hydrogen-bond donors (Lipinski definition) is 2. The Morgan fingerprint density at radius 1 is 0.275 bits per heavy atom. The lowest BCUT2D eigenvalue weighted by Crippen LogP contribution is -2.53. The molecule has 0 amide bonds. The summed E-state index contributed by atoms with van der Waals surface area (Å²) in [6.45, 7) is 0. The number of rotatable bonds is 7. The first kappa shape index (κ1) is 29.9. The highest BCUT2D eigenvalue weighted by Gasteiger charge is 2.41. The Morgan fingerprint density at radius 3 is 0.825 bits per heavy atom. The number of nitrogens with zero attached hydrogens (tertiary/aromatic N) is 2. The van der Waals surface area contributed by atoms with Crippen molar-refractivity contribution < 1.29 is 10.2 Å². The third-order valence-corrected chi connectivity index (χ3v) is 13.2. The van der Waals surface area contributed by atoms with Gasteiger partial charge in [-0.1, -0.05) is 38.5 Å². The molecular formula is C36H64N2O2. The number of aliphatic hydroxyl groups excluding tert-OH is 2. The van der Waals surface area contributed by atoms with E-state index in [1.807, 2.05) is 0 Å². The fraction of sp³-hybridized carbons (Fsp3) is 1.00. The van der Waals surface area contributed by atoms with E-state index in [1.54, 1.807) is 0 Å². The molecule has 0 atom stereocenters. The van der Waals surface area contributed by atoms with Crippen LogP contribution in [0.15, 0.2) is 0 Å². The molecule has 40 heavy (non-hydrogen) atoms. The average molecular weight is 557 g/mol. The van der Waals surface area contributed by atoms with Gasteiger partial charge in [-0.05, 0) is 140 Å². The van der Waals surface area contributed by atoms with Gasteiger partial charge in [-0.25, -0.2) is 0 Å². The van der Waals surface area contributed by atoms with Crippen LogP contribution in [0.25, 0.3) is 0 Å². The lowest BCUT2D eigenvalue weighted by atomic mass is 9.70. The Morgan fingerprint density at radius 2 is 0.525 bits per heavy atom. The molecule has 4 heteroatoms. The van der Waals surface area contributed by atoms with Gasteiger partial charge in [-0.2, -0.15) is 0 Å². The van der Waals surface area contributed by atoms with E-state index in [4.69, 9.17) is 0 Å². The molecule has 6 aliphatic carbocycles. The molecule has 0 unspecified atom stereocenters. The highest BCUT2D eigenvalue weighted by Crippen LogP contribution is 2.44. The highest BCUT2D eigenvalue weighted by molar-refractivity contribution is 4.95. The van der Waals surface area contributed by atoms with Crippen molar-refractivity contribution >= 4 is 0 Å². The first-order chi connectivity index (χ1) is 19.7. The number of aliphatic hydroxyl groups is 2. The predicted octanol–water partition coefficient (Wildman–Crippen LogP) is 7.98. The Labute approximate surface area is 247 Å². The summed E-state index contributed by atoms with van der Waals surface area (Å²) in [4.78, 5) is 6.14. The SMILES string of the molecule is OC1CCC(N(C2CCCCC2)C2CCC(C3CCC(N(C4CCCCC4)C4CCC(O)CC4)CC3)CC2)CC1. The van der Waals surface area contributed by atoms with E-state index in [9.17, 15) is 10.2 Å². The smallest absolute Gasteiger partial charge is 0.0541 e. The first-order valence-electron chi connectivity index (χ1n) is 18.6. The third kappa shape index (κ3) is 7.31. The topological polar surface area (TPSA) is 46.9 Å². The van der Waals surface area contributed by atoms with E-state index >= 15 is 0 Å². The molecule has 6 rings (SSSR count). The summed E-state index contributed by atoms with van der Waals surface area (Å²) in [5.74, 6) is 1.96. The van der Waals surface area contributed by atoms with E-state index < -0.39 is 0 Å². The Balaban J connectivity index is 1.03. The molecule has 0 spiro atoms. The zero-order chi connectivity index (χ0) is 27.3. The van der Waals surface area contributed by atoms with Gasteiger partial charge >= 0.3 is 0 Å². The molecule has 2 N–H and O–H groups in total. The number of hydrogen-bond acceptors (Lipinski definition) is 4. The van der Waals surface area contributed by atoms with Crippen molar-refractivity contribution in [3.8, 4) is 0 Å². The molecule has 6 fully saturated rings. The second-order valence-electron chi connectivity index (χ2n) is 15.5. The summed E-state index contributed by atoms with van der Waals surface area (Å²) in [6.07, 6.45) is 35.1. The van der Waals surface area contributed by atoms with Gasteiger partial charge in [0.05, 0.1) is 12.2 Å². The maximum Gasteiger partial charge on any atom is 0.0541 e. The van der Waals surface area contributed by atoms with Gasteiger partial charge in [0, 0.05) is 36.3 Å². The van der Waals surface area contributed by atoms with E-state index in [-0.39, 0.29) is 12.2 Å². The molecule has 230 valence electrons. The standard InChI is InChI=1S/C36H64N2O2/c39-35-23-19-33(20-24-35)37(29-7-3-1-4-8-29)31-15-11-27(12-16-31)28-13-17-32(18-14-28)38(30-9-5-2-6-10-30)34-21-25-36(40)26-22-34/h27-36,39-40H,1-26H2.